The second-order valence-corrected chi connectivity index (χ2v) is 5.06. The van der Waals surface area contributed by atoms with Crippen molar-refractivity contribution in [3.8, 4) is 0 Å². The summed E-state index contributed by atoms with van der Waals surface area (Å²) in [7, 11) is 0. The first-order chi connectivity index (χ1) is 8.45. The van der Waals surface area contributed by atoms with Crippen LogP contribution in [0.25, 0.3) is 0 Å². The first kappa shape index (κ1) is 13.3. The number of nitrogens with one attached hydrogen (secondary N) is 2. The molecule has 0 aromatic carbocycles. The van der Waals surface area contributed by atoms with Crippen molar-refractivity contribution in [2.45, 2.75) is 44.2 Å². The Morgan fingerprint density at radius 3 is 3.06 bits per heavy atom. The van der Waals surface area contributed by atoms with Gasteiger partial charge < -0.3 is 20.1 Å². The summed E-state index contributed by atoms with van der Waals surface area (Å²) >= 11 is 0. The molecule has 0 aromatic heterocycles. The van der Waals surface area contributed by atoms with Gasteiger partial charge in [0.1, 0.15) is 0 Å². The van der Waals surface area contributed by atoms with E-state index in [-0.39, 0.29) is 0 Å². The molecule has 2 N–H and O–H groups in total. The summed E-state index contributed by atoms with van der Waals surface area (Å²) in [6.45, 7) is 5.93. The van der Waals surface area contributed by atoms with Crippen LogP contribution in [-0.4, -0.2) is 51.6 Å². The highest BCUT2D eigenvalue weighted by Gasteiger charge is 2.15. The lowest BCUT2D eigenvalue weighted by Crippen LogP contribution is -2.43. The van der Waals surface area contributed by atoms with Gasteiger partial charge in [0.25, 0.3) is 0 Å². The van der Waals surface area contributed by atoms with Crippen LogP contribution in [0.5, 0.6) is 0 Å². The molecule has 0 radical (unpaired) electrons. The van der Waals surface area contributed by atoms with Crippen LogP contribution in [0.2, 0.25) is 0 Å². The standard InChI is InChI=1S/C13H26N2O2/c1-4-12(10-14-6-1)15-7-3-8-16-11-13-5-2-9-17-13/h12-15H,1-11H2. The molecule has 0 aliphatic carbocycles. The number of hydrogen-bond donors (Lipinski definition) is 2. The zero-order valence-electron chi connectivity index (χ0n) is 10.7. The third-order valence-corrected chi connectivity index (χ3v) is 3.52. The van der Waals surface area contributed by atoms with Gasteiger partial charge in [-0.2, -0.15) is 0 Å². The third-order valence-electron chi connectivity index (χ3n) is 3.52. The average molecular weight is 242 g/mol. The van der Waals surface area contributed by atoms with Crippen LogP contribution in [0.3, 0.4) is 0 Å². The fourth-order valence-electron chi connectivity index (χ4n) is 2.50. The molecule has 2 aliphatic rings. The summed E-state index contributed by atoms with van der Waals surface area (Å²) in [5.41, 5.74) is 0. The van der Waals surface area contributed by atoms with Crippen LogP contribution >= 0.6 is 0 Å². The highest BCUT2D eigenvalue weighted by molar-refractivity contribution is 4.74. The molecule has 2 rings (SSSR count). The molecule has 2 atom stereocenters. The summed E-state index contributed by atoms with van der Waals surface area (Å²) < 4.78 is 11.1. The Labute approximate surface area is 104 Å². The van der Waals surface area contributed by atoms with Crippen molar-refractivity contribution in [1.82, 2.24) is 10.6 Å². The van der Waals surface area contributed by atoms with Gasteiger partial charge in [-0.15, -0.1) is 0 Å². The minimum absolute atomic E-state index is 0.366. The number of rotatable bonds is 7. The van der Waals surface area contributed by atoms with Crippen molar-refractivity contribution < 1.29 is 9.47 Å². The molecular formula is C13H26N2O2. The Kier molecular flexibility index (Phi) is 6.27. The average Bonchev–Trinajstić information content (AvgIpc) is 2.88. The van der Waals surface area contributed by atoms with Gasteiger partial charge in [-0.05, 0) is 45.2 Å². The fourth-order valence-corrected chi connectivity index (χ4v) is 2.50. The van der Waals surface area contributed by atoms with E-state index in [1.807, 2.05) is 0 Å². The van der Waals surface area contributed by atoms with Crippen molar-refractivity contribution in [2.75, 3.05) is 39.5 Å². The van der Waals surface area contributed by atoms with E-state index in [4.69, 9.17) is 9.47 Å². The number of piperidine rings is 1. The molecule has 2 saturated heterocycles. The second kappa shape index (κ2) is 8.03. The Morgan fingerprint density at radius 2 is 2.29 bits per heavy atom. The molecule has 2 fully saturated rings. The van der Waals surface area contributed by atoms with Gasteiger partial charge >= 0.3 is 0 Å². The molecule has 2 aliphatic heterocycles. The van der Waals surface area contributed by atoms with Gasteiger partial charge in [0.05, 0.1) is 12.7 Å². The second-order valence-electron chi connectivity index (χ2n) is 5.06. The maximum absolute atomic E-state index is 5.63. The summed E-state index contributed by atoms with van der Waals surface area (Å²) in [6, 6.07) is 0.668. The van der Waals surface area contributed by atoms with E-state index >= 15 is 0 Å². The summed E-state index contributed by atoms with van der Waals surface area (Å²) in [6.07, 6.45) is 6.45. The SMILES string of the molecule is C(CNC1CCCNC1)COCC1CCCO1. The molecule has 0 amide bonds. The van der Waals surface area contributed by atoms with E-state index in [2.05, 4.69) is 10.6 Å². The van der Waals surface area contributed by atoms with E-state index in [1.54, 1.807) is 0 Å². The number of ether oxygens (including phenoxy) is 2. The minimum atomic E-state index is 0.366. The predicted octanol–water partition coefficient (Wildman–Crippen LogP) is 0.914. The molecule has 0 aromatic rings. The molecule has 2 unspecified atom stereocenters. The van der Waals surface area contributed by atoms with Crippen molar-refractivity contribution >= 4 is 0 Å². The van der Waals surface area contributed by atoms with Gasteiger partial charge in [-0.25, -0.2) is 0 Å². The van der Waals surface area contributed by atoms with E-state index in [1.165, 1.54) is 32.2 Å². The molecule has 17 heavy (non-hydrogen) atoms. The minimum Gasteiger partial charge on any atom is -0.379 e. The first-order valence-electron chi connectivity index (χ1n) is 7.08. The fraction of sp³-hybridized carbons (Fsp3) is 1.00. The van der Waals surface area contributed by atoms with Crippen molar-refractivity contribution in [3.63, 3.8) is 0 Å². The van der Waals surface area contributed by atoms with Crippen molar-refractivity contribution in [3.05, 3.63) is 0 Å². The van der Waals surface area contributed by atoms with Crippen LogP contribution in [0, 0.1) is 0 Å². The molecule has 0 spiro atoms. The van der Waals surface area contributed by atoms with Crippen molar-refractivity contribution in [2.24, 2.45) is 0 Å². The summed E-state index contributed by atoms with van der Waals surface area (Å²) in [4.78, 5) is 0. The highest BCUT2D eigenvalue weighted by Crippen LogP contribution is 2.11. The topological polar surface area (TPSA) is 42.5 Å². The van der Waals surface area contributed by atoms with Crippen LogP contribution in [0.15, 0.2) is 0 Å². The van der Waals surface area contributed by atoms with E-state index in [9.17, 15) is 0 Å². The van der Waals surface area contributed by atoms with Crippen molar-refractivity contribution in [1.29, 1.82) is 0 Å². The Balaban J connectivity index is 1.38. The van der Waals surface area contributed by atoms with Crippen LogP contribution < -0.4 is 10.6 Å². The molecular weight excluding hydrogens is 216 g/mol. The van der Waals surface area contributed by atoms with Crippen LogP contribution in [-0.2, 0) is 9.47 Å². The van der Waals surface area contributed by atoms with Crippen LogP contribution in [0.1, 0.15) is 32.1 Å². The highest BCUT2D eigenvalue weighted by atomic mass is 16.5. The zero-order valence-corrected chi connectivity index (χ0v) is 10.7. The summed E-state index contributed by atoms with van der Waals surface area (Å²) in [5, 5.41) is 6.99. The van der Waals surface area contributed by atoms with Gasteiger partial charge in [0.15, 0.2) is 0 Å². The van der Waals surface area contributed by atoms with E-state index in [0.29, 0.717) is 12.1 Å². The van der Waals surface area contributed by atoms with E-state index in [0.717, 1.165) is 39.3 Å². The van der Waals surface area contributed by atoms with Crippen LogP contribution in [0.4, 0.5) is 0 Å². The lowest BCUT2D eigenvalue weighted by molar-refractivity contribution is 0.0165. The Morgan fingerprint density at radius 1 is 1.29 bits per heavy atom. The third kappa shape index (κ3) is 5.34. The Bertz CT molecular complexity index is 190. The predicted molar refractivity (Wildman–Crippen MR) is 68.3 cm³/mol. The summed E-state index contributed by atoms with van der Waals surface area (Å²) in [5.74, 6) is 0. The quantitative estimate of drug-likeness (QED) is 0.651. The van der Waals surface area contributed by atoms with Gasteiger partial charge in [0, 0.05) is 25.8 Å². The molecule has 4 nitrogen and oxygen atoms in total. The first-order valence-corrected chi connectivity index (χ1v) is 7.08. The Hall–Kier alpha value is -0.160. The lowest BCUT2D eigenvalue weighted by atomic mass is 10.1. The van der Waals surface area contributed by atoms with E-state index < -0.39 is 0 Å². The maximum Gasteiger partial charge on any atom is 0.0809 e. The number of hydrogen-bond acceptors (Lipinski definition) is 4. The smallest absolute Gasteiger partial charge is 0.0809 e. The molecule has 100 valence electrons. The zero-order chi connectivity index (χ0) is 11.8. The molecule has 0 saturated carbocycles. The van der Waals surface area contributed by atoms with Gasteiger partial charge in [-0.1, -0.05) is 0 Å². The van der Waals surface area contributed by atoms with Gasteiger partial charge in [0.2, 0.25) is 0 Å². The monoisotopic (exact) mass is 242 g/mol. The normalized spacial score (nSPS) is 29.6. The molecule has 4 heteroatoms. The molecule has 2 heterocycles. The molecule has 0 bridgehead atoms. The largest absolute Gasteiger partial charge is 0.379 e. The lowest BCUT2D eigenvalue weighted by Gasteiger charge is -2.23. The van der Waals surface area contributed by atoms with Gasteiger partial charge in [-0.3, -0.25) is 0 Å². The maximum atomic E-state index is 5.63.